The van der Waals surface area contributed by atoms with Gasteiger partial charge in [-0.2, -0.15) is 0 Å². The zero-order chi connectivity index (χ0) is 18.9. The third-order valence-electron chi connectivity index (χ3n) is 3.44. The number of nitrogens with one attached hydrogen (secondary N) is 3. The third kappa shape index (κ3) is 6.12. The zero-order valence-corrected chi connectivity index (χ0v) is 15.3. The van der Waals surface area contributed by atoms with Crippen LogP contribution in [-0.2, 0) is 9.59 Å². The maximum Gasteiger partial charge on any atom is 0.243 e. The third-order valence-corrected chi connectivity index (χ3v) is 3.44. The molecule has 0 heterocycles. The van der Waals surface area contributed by atoms with Crippen molar-refractivity contribution in [3.63, 3.8) is 0 Å². The highest BCUT2D eigenvalue weighted by Crippen LogP contribution is 2.24. The molecule has 0 saturated heterocycles. The second kappa shape index (κ2) is 9.46. The number of amides is 2. The number of hydrogen-bond acceptors (Lipinski definition) is 4. The lowest BCUT2D eigenvalue weighted by atomic mass is 10.2. The van der Waals surface area contributed by atoms with Crippen molar-refractivity contribution in [2.24, 2.45) is 0 Å². The van der Waals surface area contributed by atoms with Gasteiger partial charge in [-0.3, -0.25) is 9.59 Å². The van der Waals surface area contributed by atoms with E-state index in [9.17, 15) is 9.59 Å². The molecule has 0 aliphatic rings. The molecule has 0 radical (unpaired) electrons. The second-order valence-corrected chi connectivity index (χ2v) is 6.05. The molecule has 0 aromatic heterocycles. The molecule has 26 heavy (non-hydrogen) atoms. The van der Waals surface area contributed by atoms with Gasteiger partial charge >= 0.3 is 0 Å². The first-order valence-corrected chi connectivity index (χ1v) is 8.67. The molecule has 0 fully saturated rings. The van der Waals surface area contributed by atoms with E-state index in [1.807, 2.05) is 44.2 Å². The van der Waals surface area contributed by atoms with Crippen molar-refractivity contribution in [2.45, 2.75) is 33.3 Å². The van der Waals surface area contributed by atoms with Crippen molar-refractivity contribution in [3.05, 3.63) is 48.5 Å². The minimum absolute atomic E-state index is 0.0206. The molecule has 2 amide bonds. The standard InChI is InChI=1S/C20H25N3O3/c1-4-19(24)22-16-9-7-8-15(12-16)21-13-20(25)23-17-10-5-6-11-18(17)26-14(2)3/h5-12,14,21H,4,13H2,1-3H3,(H,22,24)(H,23,25). The summed E-state index contributed by atoms with van der Waals surface area (Å²) < 4.78 is 5.70. The van der Waals surface area contributed by atoms with Gasteiger partial charge in [0.2, 0.25) is 11.8 Å². The molecular weight excluding hydrogens is 330 g/mol. The quantitative estimate of drug-likeness (QED) is 0.671. The van der Waals surface area contributed by atoms with E-state index in [1.165, 1.54) is 0 Å². The minimum Gasteiger partial charge on any atom is -0.489 e. The summed E-state index contributed by atoms with van der Waals surface area (Å²) >= 11 is 0. The first-order chi connectivity index (χ1) is 12.5. The predicted molar refractivity (Wildman–Crippen MR) is 105 cm³/mol. The van der Waals surface area contributed by atoms with Gasteiger partial charge in [0.15, 0.2) is 0 Å². The van der Waals surface area contributed by atoms with Crippen molar-refractivity contribution in [1.29, 1.82) is 0 Å². The van der Waals surface area contributed by atoms with E-state index in [1.54, 1.807) is 25.1 Å². The summed E-state index contributed by atoms with van der Waals surface area (Å²) in [6, 6.07) is 14.6. The van der Waals surface area contributed by atoms with Gasteiger partial charge in [-0.05, 0) is 44.2 Å². The normalized spacial score (nSPS) is 10.3. The topological polar surface area (TPSA) is 79.5 Å². The van der Waals surface area contributed by atoms with Gasteiger partial charge in [-0.25, -0.2) is 0 Å². The lowest BCUT2D eigenvalue weighted by Crippen LogP contribution is -2.22. The largest absolute Gasteiger partial charge is 0.489 e. The Kier molecular flexibility index (Phi) is 7.02. The van der Waals surface area contributed by atoms with Crippen molar-refractivity contribution in [3.8, 4) is 5.75 Å². The fourth-order valence-electron chi connectivity index (χ4n) is 2.26. The predicted octanol–water partition coefficient (Wildman–Crippen LogP) is 3.87. The number of rotatable bonds is 8. The van der Waals surface area contributed by atoms with Crippen molar-refractivity contribution in [2.75, 3.05) is 22.5 Å². The molecule has 0 saturated carbocycles. The monoisotopic (exact) mass is 355 g/mol. The summed E-state index contributed by atoms with van der Waals surface area (Å²) in [4.78, 5) is 23.7. The first kappa shape index (κ1) is 19.3. The summed E-state index contributed by atoms with van der Waals surface area (Å²) in [7, 11) is 0. The van der Waals surface area contributed by atoms with Gasteiger partial charge in [-0.15, -0.1) is 0 Å². The Labute approximate surface area is 153 Å². The van der Waals surface area contributed by atoms with Crippen LogP contribution in [0.2, 0.25) is 0 Å². The van der Waals surface area contributed by atoms with E-state index in [2.05, 4.69) is 16.0 Å². The second-order valence-electron chi connectivity index (χ2n) is 6.05. The van der Waals surface area contributed by atoms with Crippen LogP contribution in [0, 0.1) is 0 Å². The van der Waals surface area contributed by atoms with E-state index in [4.69, 9.17) is 4.74 Å². The lowest BCUT2D eigenvalue weighted by Gasteiger charge is -2.15. The van der Waals surface area contributed by atoms with Gasteiger partial charge in [0.05, 0.1) is 18.3 Å². The SMILES string of the molecule is CCC(=O)Nc1cccc(NCC(=O)Nc2ccccc2OC(C)C)c1. The van der Waals surface area contributed by atoms with Crippen molar-refractivity contribution < 1.29 is 14.3 Å². The molecule has 0 atom stereocenters. The van der Waals surface area contributed by atoms with Crippen LogP contribution in [0.5, 0.6) is 5.75 Å². The highest BCUT2D eigenvalue weighted by Gasteiger charge is 2.09. The van der Waals surface area contributed by atoms with Gasteiger partial charge in [0.1, 0.15) is 5.75 Å². The molecule has 0 spiro atoms. The van der Waals surface area contributed by atoms with E-state index in [-0.39, 0.29) is 24.5 Å². The maximum absolute atomic E-state index is 12.2. The number of anilines is 3. The molecule has 6 heteroatoms. The Morgan fingerprint density at radius 1 is 0.962 bits per heavy atom. The average Bonchev–Trinajstić information content (AvgIpc) is 2.61. The molecule has 2 aromatic rings. The fraction of sp³-hybridized carbons (Fsp3) is 0.300. The molecule has 0 unspecified atom stereocenters. The zero-order valence-electron chi connectivity index (χ0n) is 15.3. The summed E-state index contributed by atoms with van der Waals surface area (Å²) in [5.41, 5.74) is 2.08. The van der Waals surface area contributed by atoms with Crippen LogP contribution in [-0.4, -0.2) is 24.5 Å². The molecule has 3 N–H and O–H groups in total. The maximum atomic E-state index is 12.2. The Morgan fingerprint density at radius 3 is 2.42 bits per heavy atom. The molecular formula is C20H25N3O3. The molecule has 2 rings (SSSR count). The van der Waals surface area contributed by atoms with Gasteiger partial charge in [0.25, 0.3) is 0 Å². The molecule has 138 valence electrons. The van der Waals surface area contributed by atoms with Gasteiger partial charge in [0, 0.05) is 17.8 Å². The smallest absolute Gasteiger partial charge is 0.243 e. The Hall–Kier alpha value is -3.02. The Morgan fingerprint density at radius 2 is 1.69 bits per heavy atom. The summed E-state index contributed by atoms with van der Waals surface area (Å²) in [6.45, 7) is 5.76. The van der Waals surface area contributed by atoms with Gasteiger partial charge in [-0.1, -0.05) is 25.1 Å². The Bertz CT molecular complexity index is 759. The minimum atomic E-state index is -0.187. The van der Waals surface area contributed by atoms with E-state index >= 15 is 0 Å². The molecule has 0 bridgehead atoms. The van der Waals surface area contributed by atoms with Crippen molar-refractivity contribution in [1.82, 2.24) is 0 Å². The number of ether oxygens (including phenoxy) is 1. The lowest BCUT2D eigenvalue weighted by molar-refractivity contribution is -0.116. The van der Waals surface area contributed by atoms with Gasteiger partial charge < -0.3 is 20.7 Å². The van der Waals surface area contributed by atoms with Crippen LogP contribution in [0.1, 0.15) is 27.2 Å². The number of hydrogen-bond donors (Lipinski definition) is 3. The van der Waals surface area contributed by atoms with Crippen molar-refractivity contribution >= 4 is 28.9 Å². The summed E-state index contributed by atoms with van der Waals surface area (Å²) in [5.74, 6) is 0.398. The molecule has 0 aliphatic carbocycles. The average molecular weight is 355 g/mol. The van der Waals surface area contributed by atoms with Crippen LogP contribution >= 0.6 is 0 Å². The number of carbonyl (C=O) groups is 2. The number of benzene rings is 2. The van der Waals surface area contributed by atoms with Crippen LogP contribution in [0.15, 0.2) is 48.5 Å². The summed E-state index contributed by atoms with van der Waals surface area (Å²) in [5, 5.41) is 8.69. The van der Waals surface area contributed by atoms with Crippen LogP contribution in [0.4, 0.5) is 17.1 Å². The number of para-hydroxylation sites is 2. The molecule has 6 nitrogen and oxygen atoms in total. The number of carbonyl (C=O) groups excluding carboxylic acids is 2. The Balaban J connectivity index is 1.93. The highest BCUT2D eigenvalue weighted by atomic mass is 16.5. The highest BCUT2D eigenvalue weighted by molar-refractivity contribution is 5.95. The van der Waals surface area contributed by atoms with E-state index < -0.39 is 0 Å². The van der Waals surface area contributed by atoms with Crippen LogP contribution in [0.3, 0.4) is 0 Å². The van der Waals surface area contributed by atoms with Crippen LogP contribution < -0.4 is 20.7 Å². The van der Waals surface area contributed by atoms with Crippen LogP contribution in [0.25, 0.3) is 0 Å². The summed E-state index contributed by atoms with van der Waals surface area (Å²) in [6.07, 6.45) is 0.435. The molecule has 2 aromatic carbocycles. The van der Waals surface area contributed by atoms with E-state index in [0.717, 1.165) is 5.69 Å². The molecule has 0 aliphatic heterocycles. The first-order valence-electron chi connectivity index (χ1n) is 8.67. The van der Waals surface area contributed by atoms with E-state index in [0.29, 0.717) is 23.5 Å². The fourth-order valence-corrected chi connectivity index (χ4v) is 2.26.